The highest BCUT2D eigenvalue weighted by molar-refractivity contribution is 9.10. The number of nitrogens with zero attached hydrogens (tertiary/aromatic N) is 1. The number of rotatable bonds is 5. The summed E-state index contributed by atoms with van der Waals surface area (Å²) in [5.41, 5.74) is 1.53. The number of halogens is 5. The van der Waals surface area contributed by atoms with Crippen molar-refractivity contribution in [1.82, 2.24) is 5.43 Å². The predicted molar refractivity (Wildman–Crippen MR) is 112 cm³/mol. The SMILES string of the molecule is O=C(Nc1ccc(Br)cc1C(=O)NN=Cc1ccc(Cl)c(C(F)(F)F)c1)c1ccco1. The number of carbonyl (C=O) groups is 2. The summed E-state index contributed by atoms with van der Waals surface area (Å²) in [7, 11) is 0. The highest BCUT2D eigenvalue weighted by atomic mass is 79.9. The van der Waals surface area contributed by atoms with Gasteiger partial charge in [0.25, 0.3) is 11.8 Å². The monoisotopic (exact) mass is 513 g/mol. The number of amides is 2. The van der Waals surface area contributed by atoms with Gasteiger partial charge in [0.1, 0.15) is 0 Å². The Bertz CT molecular complexity index is 1150. The molecule has 2 aromatic carbocycles. The molecule has 0 atom stereocenters. The van der Waals surface area contributed by atoms with Crippen LogP contribution < -0.4 is 10.7 Å². The third-order valence-electron chi connectivity index (χ3n) is 3.89. The molecule has 11 heteroatoms. The number of alkyl halides is 3. The minimum atomic E-state index is -4.62. The lowest BCUT2D eigenvalue weighted by Crippen LogP contribution is -2.21. The summed E-state index contributed by atoms with van der Waals surface area (Å²) >= 11 is 8.82. The van der Waals surface area contributed by atoms with E-state index in [4.69, 9.17) is 16.0 Å². The fraction of sp³-hybridized carbons (Fsp3) is 0.0500. The number of hydrogen-bond donors (Lipinski definition) is 2. The normalized spacial score (nSPS) is 11.5. The van der Waals surface area contributed by atoms with E-state index in [1.165, 1.54) is 30.5 Å². The van der Waals surface area contributed by atoms with Crippen molar-refractivity contribution < 1.29 is 27.2 Å². The molecule has 0 aliphatic carbocycles. The number of hydrogen-bond acceptors (Lipinski definition) is 4. The van der Waals surface area contributed by atoms with Crippen molar-refractivity contribution in [2.24, 2.45) is 5.10 Å². The second-order valence-electron chi connectivity index (χ2n) is 6.06. The Kier molecular flexibility index (Phi) is 6.81. The molecule has 0 spiro atoms. The summed E-state index contributed by atoms with van der Waals surface area (Å²) in [5, 5.41) is 5.80. The molecular weight excluding hydrogens is 503 g/mol. The zero-order valence-electron chi connectivity index (χ0n) is 15.3. The van der Waals surface area contributed by atoms with Gasteiger partial charge in [-0.25, -0.2) is 5.43 Å². The van der Waals surface area contributed by atoms with E-state index in [0.717, 1.165) is 18.3 Å². The number of furan rings is 1. The summed E-state index contributed by atoms with van der Waals surface area (Å²) in [4.78, 5) is 24.7. The average Bonchev–Trinajstić information content (AvgIpc) is 3.24. The topological polar surface area (TPSA) is 83.7 Å². The average molecular weight is 515 g/mol. The lowest BCUT2D eigenvalue weighted by molar-refractivity contribution is -0.137. The van der Waals surface area contributed by atoms with Gasteiger partial charge >= 0.3 is 6.18 Å². The maximum Gasteiger partial charge on any atom is 0.417 e. The van der Waals surface area contributed by atoms with E-state index in [9.17, 15) is 22.8 Å². The van der Waals surface area contributed by atoms with Crippen molar-refractivity contribution in [3.63, 3.8) is 0 Å². The number of nitrogens with one attached hydrogen (secondary N) is 2. The molecule has 0 aliphatic heterocycles. The van der Waals surface area contributed by atoms with Crippen LogP contribution in [0.4, 0.5) is 18.9 Å². The first kappa shape index (κ1) is 22.6. The van der Waals surface area contributed by atoms with Gasteiger partial charge in [-0.05, 0) is 48.0 Å². The van der Waals surface area contributed by atoms with Crippen LogP contribution >= 0.6 is 27.5 Å². The van der Waals surface area contributed by atoms with Gasteiger partial charge < -0.3 is 9.73 Å². The van der Waals surface area contributed by atoms with Gasteiger partial charge in [0.2, 0.25) is 0 Å². The van der Waals surface area contributed by atoms with Crippen LogP contribution in [0.15, 0.2) is 68.8 Å². The van der Waals surface area contributed by atoms with Crippen LogP contribution in [0.1, 0.15) is 32.0 Å². The summed E-state index contributed by atoms with van der Waals surface area (Å²) < 4.78 is 44.4. The highest BCUT2D eigenvalue weighted by Crippen LogP contribution is 2.34. The zero-order chi connectivity index (χ0) is 22.6. The van der Waals surface area contributed by atoms with Crippen LogP contribution in [0.2, 0.25) is 5.02 Å². The fourth-order valence-electron chi connectivity index (χ4n) is 2.47. The van der Waals surface area contributed by atoms with Crippen LogP contribution in [-0.4, -0.2) is 18.0 Å². The van der Waals surface area contributed by atoms with E-state index in [1.54, 1.807) is 12.1 Å². The zero-order valence-corrected chi connectivity index (χ0v) is 17.7. The third kappa shape index (κ3) is 5.74. The molecule has 31 heavy (non-hydrogen) atoms. The molecule has 1 heterocycles. The van der Waals surface area contributed by atoms with Crippen LogP contribution in [0, 0.1) is 0 Å². The van der Waals surface area contributed by atoms with E-state index in [0.29, 0.717) is 4.47 Å². The Hall–Kier alpha value is -3.11. The fourth-order valence-corrected chi connectivity index (χ4v) is 3.06. The number of benzene rings is 2. The van der Waals surface area contributed by atoms with Crippen LogP contribution in [0.3, 0.4) is 0 Å². The minimum absolute atomic E-state index is 0.0514. The molecule has 0 fully saturated rings. The smallest absolute Gasteiger partial charge is 0.417 e. The molecule has 0 bridgehead atoms. The maximum absolute atomic E-state index is 12.9. The van der Waals surface area contributed by atoms with E-state index >= 15 is 0 Å². The molecular formula is C20H12BrClF3N3O3. The summed E-state index contributed by atoms with van der Waals surface area (Å²) in [6.07, 6.45) is -2.25. The predicted octanol–water partition coefficient (Wildman–Crippen LogP) is 5.73. The number of carbonyl (C=O) groups excluding carboxylic acids is 2. The first-order valence-corrected chi connectivity index (χ1v) is 9.67. The van der Waals surface area contributed by atoms with Gasteiger partial charge in [0, 0.05) is 4.47 Å². The van der Waals surface area contributed by atoms with Gasteiger partial charge in [-0.1, -0.05) is 33.6 Å². The van der Waals surface area contributed by atoms with Crippen LogP contribution in [-0.2, 0) is 6.18 Å². The van der Waals surface area contributed by atoms with Crippen molar-refractivity contribution in [2.75, 3.05) is 5.32 Å². The number of anilines is 1. The van der Waals surface area contributed by atoms with Crippen LogP contribution in [0.5, 0.6) is 0 Å². The Balaban J connectivity index is 1.76. The van der Waals surface area contributed by atoms with Crippen molar-refractivity contribution in [1.29, 1.82) is 0 Å². The molecule has 160 valence electrons. The van der Waals surface area contributed by atoms with Crippen molar-refractivity contribution in [3.8, 4) is 0 Å². The summed E-state index contributed by atoms with van der Waals surface area (Å²) in [6, 6.07) is 10.8. The maximum atomic E-state index is 12.9. The molecule has 0 radical (unpaired) electrons. The van der Waals surface area contributed by atoms with Crippen molar-refractivity contribution in [3.05, 3.63) is 86.7 Å². The Morgan fingerprint density at radius 1 is 1.10 bits per heavy atom. The molecule has 0 saturated heterocycles. The van der Waals surface area contributed by atoms with Gasteiger partial charge in [-0.3, -0.25) is 9.59 Å². The first-order chi connectivity index (χ1) is 14.6. The molecule has 1 aromatic heterocycles. The molecule has 3 aromatic rings. The van der Waals surface area contributed by atoms with Crippen LogP contribution in [0.25, 0.3) is 0 Å². The highest BCUT2D eigenvalue weighted by Gasteiger charge is 2.33. The lowest BCUT2D eigenvalue weighted by Gasteiger charge is -2.10. The molecule has 0 saturated carbocycles. The third-order valence-corrected chi connectivity index (χ3v) is 4.72. The lowest BCUT2D eigenvalue weighted by atomic mass is 10.1. The van der Waals surface area contributed by atoms with Gasteiger partial charge in [0.15, 0.2) is 5.76 Å². The van der Waals surface area contributed by atoms with Crippen molar-refractivity contribution >= 4 is 51.2 Å². The Morgan fingerprint density at radius 3 is 2.55 bits per heavy atom. The van der Waals surface area contributed by atoms with Gasteiger partial charge in [-0.2, -0.15) is 18.3 Å². The molecule has 6 nitrogen and oxygen atoms in total. The van der Waals surface area contributed by atoms with Gasteiger partial charge in [0.05, 0.1) is 34.3 Å². The molecule has 2 amide bonds. The summed E-state index contributed by atoms with van der Waals surface area (Å²) in [5.74, 6) is -1.21. The molecule has 0 aliphatic rings. The standard InChI is InChI=1S/C20H12BrClF3N3O3/c21-12-4-6-16(27-19(30)17-2-1-7-31-17)13(9-12)18(29)28-26-10-11-3-5-15(22)14(8-11)20(23,24)25/h1-10H,(H,27,30)(H,28,29). The first-order valence-electron chi connectivity index (χ1n) is 8.49. The molecule has 0 unspecified atom stereocenters. The van der Waals surface area contributed by atoms with E-state index in [1.807, 2.05) is 0 Å². The number of hydrazone groups is 1. The summed E-state index contributed by atoms with van der Waals surface area (Å²) in [6.45, 7) is 0. The van der Waals surface area contributed by atoms with Gasteiger partial charge in [-0.15, -0.1) is 0 Å². The second kappa shape index (κ2) is 9.36. The molecule has 3 rings (SSSR count). The quantitative estimate of drug-likeness (QED) is 0.337. The minimum Gasteiger partial charge on any atom is -0.459 e. The van der Waals surface area contributed by atoms with E-state index < -0.39 is 28.6 Å². The Labute approximate surface area is 187 Å². The van der Waals surface area contributed by atoms with E-state index in [2.05, 4.69) is 31.8 Å². The van der Waals surface area contributed by atoms with Crippen molar-refractivity contribution in [2.45, 2.75) is 6.18 Å². The Morgan fingerprint density at radius 2 is 1.87 bits per heavy atom. The molecule has 2 N–H and O–H groups in total. The second-order valence-corrected chi connectivity index (χ2v) is 7.38. The van der Waals surface area contributed by atoms with E-state index in [-0.39, 0.29) is 22.6 Å². The largest absolute Gasteiger partial charge is 0.459 e.